The summed E-state index contributed by atoms with van der Waals surface area (Å²) in [4.78, 5) is 12.9. The SMILES string of the molecule is CCCNc1nc(NC(CC)CSC)nc(OCC)n1. The van der Waals surface area contributed by atoms with Crippen LogP contribution in [-0.4, -0.2) is 46.2 Å². The van der Waals surface area contributed by atoms with Gasteiger partial charge in [-0.1, -0.05) is 13.8 Å². The Bertz CT molecular complexity index is 391. The molecule has 0 aliphatic rings. The third-order valence-electron chi connectivity index (χ3n) is 2.62. The molecule has 7 heteroatoms. The quantitative estimate of drug-likeness (QED) is 0.688. The standard InChI is InChI=1S/C13H25N5OS/c1-5-8-14-11-16-12(15-10(6-2)9-20-4)18-13(17-11)19-7-3/h10H,5-9H2,1-4H3,(H2,14,15,16,17,18). The van der Waals surface area contributed by atoms with E-state index in [-0.39, 0.29) is 0 Å². The Morgan fingerprint density at radius 1 is 1.15 bits per heavy atom. The number of thioether (sulfide) groups is 1. The van der Waals surface area contributed by atoms with E-state index < -0.39 is 0 Å². The van der Waals surface area contributed by atoms with Crippen LogP contribution in [-0.2, 0) is 0 Å². The fourth-order valence-corrected chi connectivity index (χ4v) is 2.30. The van der Waals surface area contributed by atoms with Gasteiger partial charge in [-0.05, 0) is 26.0 Å². The van der Waals surface area contributed by atoms with E-state index >= 15 is 0 Å². The van der Waals surface area contributed by atoms with Crippen LogP contribution in [0, 0.1) is 0 Å². The Morgan fingerprint density at radius 2 is 1.90 bits per heavy atom. The first-order chi connectivity index (χ1) is 9.73. The van der Waals surface area contributed by atoms with Crippen LogP contribution in [0.15, 0.2) is 0 Å². The molecule has 1 atom stereocenters. The molecule has 0 aliphatic carbocycles. The Labute approximate surface area is 125 Å². The van der Waals surface area contributed by atoms with E-state index in [4.69, 9.17) is 4.74 Å². The van der Waals surface area contributed by atoms with Gasteiger partial charge in [0.15, 0.2) is 0 Å². The van der Waals surface area contributed by atoms with Gasteiger partial charge in [-0.25, -0.2) is 0 Å². The molecule has 1 unspecified atom stereocenters. The van der Waals surface area contributed by atoms with Crippen LogP contribution in [0.5, 0.6) is 6.01 Å². The summed E-state index contributed by atoms with van der Waals surface area (Å²) in [5.41, 5.74) is 0. The second-order valence-electron chi connectivity index (χ2n) is 4.33. The van der Waals surface area contributed by atoms with Crippen molar-refractivity contribution in [3.05, 3.63) is 0 Å². The minimum absolute atomic E-state index is 0.348. The second kappa shape index (κ2) is 9.63. The smallest absolute Gasteiger partial charge is 0.323 e. The van der Waals surface area contributed by atoms with Crippen LogP contribution in [0.4, 0.5) is 11.9 Å². The van der Waals surface area contributed by atoms with Gasteiger partial charge in [0, 0.05) is 18.3 Å². The van der Waals surface area contributed by atoms with Crippen molar-refractivity contribution in [1.29, 1.82) is 0 Å². The molecule has 0 bridgehead atoms. The van der Waals surface area contributed by atoms with Gasteiger partial charge in [-0.3, -0.25) is 0 Å². The summed E-state index contributed by atoms with van der Waals surface area (Å²) in [6.45, 7) is 7.53. The van der Waals surface area contributed by atoms with E-state index in [0.717, 1.165) is 25.1 Å². The van der Waals surface area contributed by atoms with Gasteiger partial charge < -0.3 is 15.4 Å². The summed E-state index contributed by atoms with van der Waals surface area (Å²) in [5.74, 6) is 2.15. The number of rotatable bonds is 10. The highest BCUT2D eigenvalue weighted by molar-refractivity contribution is 7.98. The van der Waals surface area contributed by atoms with Crippen LogP contribution in [0.3, 0.4) is 0 Å². The fraction of sp³-hybridized carbons (Fsp3) is 0.769. The van der Waals surface area contributed by atoms with Crippen molar-refractivity contribution in [2.45, 2.75) is 39.7 Å². The molecule has 2 N–H and O–H groups in total. The molecule has 1 heterocycles. The summed E-state index contributed by atoms with van der Waals surface area (Å²) >= 11 is 1.81. The van der Waals surface area contributed by atoms with E-state index in [1.54, 1.807) is 11.8 Å². The van der Waals surface area contributed by atoms with E-state index in [1.807, 2.05) is 6.92 Å². The molecule has 0 saturated heterocycles. The maximum Gasteiger partial charge on any atom is 0.323 e. The molecule has 0 amide bonds. The van der Waals surface area contributed by atoms with Crippen LogP contribution in [0.1, 0.15) is 33.6 Å². The summed E-state index contributed by atoms with van der Waals surface area (Å²) < 4.78 is 5.39. The molecule has 0 aliphatic heterocycles. The van der Waals surface area contributed by atoms with Gasteiger partial charge >= 0.3 is 6.01 Å². The molecule has 0 aromatic carbocycles. The van der Waals surface area contributed by atoms with Crippen molar-refractivity contribution in [3.8, 4) is 6.01 Å². The summed E-state index contributed by atoms with van der Waals surface area (Å²) in [5, 5.41) is 6.51. The molecular formula is C13H25N5OS. The monoisotopic (exact) mass is 299 g/mol. The average molecular weight is 299 g/mol. The lowest BCUT2D eigenvalue weighted by molar-refractivity contribution is 0.312. The molecule has 6 nitrogen and oxygen atoms in total. The predicted octanol–water partition coefficient (Wildman–Crippen LogP) is 2.65. The Kier molecular flexibility index (Phi) is 8.10. The summed E-state index contributed by atoms with van der Waals surface area (Å²) in [6.07, 6.45) is 4.13. The lowest BCUT2D eigenvalue weighted by Crippen LogP contribution is -2.23. The molecule has 0 saturated carbocycles. The highest BCUT2D eigenvalue weighted by atomic mass is 32.2. The first kappa shape index (κ1) is 16.8. The number of anilines is 2. The van der Waals surface area contributed by atoms with E-state index in [0.29, 0.717) is 30.6 Å². The van der Waals surface area contributed by atoms with Crippen molar-refractivity contribution in [1.82, 2.24) is 15.0 Å². The molecule has 1 rings (SSSR count). The van der Waals surface area contributed by atoms with E-state index in [1.165, 1.54) is 0 Å². The van der Waals surface area contributed by atoms with Crippen LogP contribution in [0.25, 0.3) is 0 Å². The highest BCUT2D eigenvalue weighted by Crippen LogP contribution is 2.14. The number of hydrogen-bond donors (Lipinski definition) is 2. The first-order valence-corrected chi connectivity index (χ1v) is 8.51. The van der Waals surface area contributed by atoms with Gasteiger partial charge in [0.1, 0.15) is 0 Å². The zero-order valence-corrected chi connectivity index (χ0v) is 13.6. The minimum atomic E-state index is 0.348. The van der Waals surface area contributed by atoms with E-state index in [9.17, 15) is 0 Å². The molecule has 0 spiro atoms. The third-order valence-corrected chi connectivity index (χ3v) is 3.35. The van der Waals surface area contributed by atoms with Gasteiger partial charge in [0.05, 0.1) is 6.61 Å². The second-order valence-corrected chi connectivity index (χ2v) is 5.24. The third kappa shape index (κ3) is 5.81. The Hall–Kier alpha value is -1.24. The number of ether oxygens (including phenoxy) is 1. The Morgan fingerprint density at radius 3 is 2.50 bits per heavy atom. The zero-order chi connectivity index (χ0) is 14.8. The molecule has 1 aromatic rings. The minimum Gasteiger partial charge on any atom is -0.464 e. The zero-order valence-electron chi connectivity index (χ0n) is 12.8. The van der Waals surface area contributed by atoms with Gasteiger partial charge in [-0.2, -0.15) is 26.7 Å². The molecular weight excluding hydrogens is 274 g/mol. The lowest BCUT2D eigenvalue weighted by atomic mass is 10.3. The molecule has 114 valence electrons. The maximum absolute atomic E-state index is 5.39. The topological polar surface area (TPSA) is 72.0 Å². The van der Waals surface area contributed by atoms with Crippen LogP contribution in [0.2, 0.25) is 0 Å². The predicted molar refractivity (Wildman–Crippen MR) is 85.9 cm³/mol. The number of hydrogen-bond acceptors (Lipinski definition) is 7. The number of nitrogens with one attached hydrogen (secondary N) is 2. The maximum atomic E-state index is 5.39. The lowest BCUT2D eigenvalue weighted by Gasteiger charge is -2.16. The molecule has 0 fully saturated rings. The largest absolute Gasteiger partial charge is 0.464 e. The molecule has 0 radical (unpaired) electrons. The van der Waals surface area contributed by atoms with E-state index in [2.05, 4.69) is 45.7 Å². The van der Waals surface area contributed by atoms with Crippen molar-refractivity contribution < 1.29 is 4.74 Å². The first-order valence-electron chi connectivity index (χ1n) is 7.11. The normalized spacial score (nSPS) is 12.0. The van der Waals surface area contributed by atoms with Gasteiger partial charge in [-0.15, -0.1) is 0 Å². The summed E-state index contributed by atoms with van der Waals surface area (Å²) in [7, 11) is 0. The van der Waals surface area contributed by atoms with Crippen molar-refractivity contribution in [2.24, 2.45) is 0 Å². The fourth-order valence-electron chi connectivity index (χ4n) is 1.58. The number of nitrogens with zero attached hydrogens (tertiary/aromatic N) is 3. The molecule has 20 heavy (non-hydrogen) atoms. The number of aromatic nitrogens is 3. The van der Waals surface area contributed by atoms with Crippen molar-refractivity contribution in [2.75, 3.05) is 35.8 Å². The van der Waals surface area contributed by atoms with Crippen molar-refractivity contribution in [3.63, 3.8) is 0 Å². The molecule has 1 aromatic heterocycles. The van der Waals surface area contributed by atoms with Crippen LogP contribution < -0.4 is 15.4 Å². The highest BCUT2D eigenvalue weighted by Gasteiger charge is 2.11. The summed E-state index contributed by atoms with van der Waals surface area (Å²) in [6, 6.07) is 0.712. The van der Waals surface area contributed by atoms with Gasteiger partial charge in [0.25, 0.3) is 0 Å². The average Bonchev–Trinajstić information content (AvgIpc) is 2.45. The van der Waals surface area contributed by atoms with Crippen molar-refractivity contribution >= 4 is 23.7 Å². The van der Waals surface area contributed by atoms with Gasteiger partial charge in [0.2, 0.25) is 11.9 Å². The Balaban J connectivity index is 2.83. The van der Waals surface area contributed by atoms with Crippen LogP contribution >= 0.6 is 11.8 Å².